The van der Waals surface area contributed by atoms with Crippen molar-refractivity contribution in [2.75, 3.05) is 13.2 Å². The lowest BCUT2D eigenvalue weighted by Gasteiger charge is -2.46. The molecule has 3 heteroatoms. The summed E-state index contributed by atoms with van der Waals surface area (Å²) in [6.07, 6.45) is 5.53. The lowest BCUT2D eigenvalue weighted by molar-refractivity contribution is -0.101. The van der Waals surface area contributed by atoms with E-state index in [1.807, 2.05) is 12.1 Å². The highest BCUT2D eigenvalue weighted by molar-refractivity contribution is 5.28. The number of benzene rings is 1. The summed E-state index contributed by atoms with van der Waals surface area (Å²) in [6.45, 7) is 4.14. The van der Waals surface area contributed by atoms with Gasteiger partial charge < -0.3 is 9.84 Å². The molecule has 1 N–H and O–H groups in total. The van der Waals surface area contributed by atoms with Crippen LogP contribution < -0.4 is 0 Å². The van der Waals surface area contributed by atoms with E-state index in [2.05, 4.69) is 11.8 Å². The van der Waals surface area contributed by atoms with Crippen molar-refractivity contribution in [3.8, 4) is 5.75 Å². The molecule has 0 aromatic heterocycles. The molecular formula is C16H23NO2. The Hall–Kier alpha value is -1.06. The number of aromatic hydroxyl groups is 1. The van der Waals surface area contributed by atoms with E-state index in [4.69, 9.17) is 4.74 Å². The predicted octanol–water partition coefficient (Wildman–Crippen LogP) is 3.10. The van der Waals surface area contributed by atoms with E-state index in [0.717, 1.165) is 13.2 Å². The van der Waals surface area contributed by atoms with Crippen molar-refractivity contribution in [2.45, 2.75) is 50.8 Å². The van der Waals surface area contributed by atoms with Gasteiger partial charge in [-0.2, -0.15) is 0 Å². The van der Waals surface area contributed by atoms with E-state index in [1.165, 1.54) is 31.2 Å². The van der Waals surface area contributed by atoms with Gasteiger partial charge >= 0.3 is 0 Å². The highest BCUT2D eigenvalue weighted by Crippen LogP contribution is 2.34. The van der Waals surface area contributed by atoms with Crippen LogP contribution in [0.25, 0.3) is 0 Å². The molecule has 1 aliphatic heterocycles. The third-order valence-corrected chi connectivity index (χ3v) is 4.65. The molecular weight excluding hydrogens is 238 g/mol. The van der Waals surface area contributed by atoms with Crippen molar-refractivity contribution in [1.29, 1.82) is 0 Å². The van der Waals surface area contributed by atoms with Crippen molar-refractivity contribution in [1.82, 2.24) is 4.90 Å². The van der Waals surface area contributed by atoms with E-state index in [9.17, 15) is 5.11 Å². The van der Waals surface area contributed by atoms with Crippen LogP contribution in [0.15, 0.2) is 24.3 Å². The van der Waals surface area contributed by atoms with Crippen LogP contribution in [-0.4, -0.2) is 35.3 Å². The topological polar surface area (TPSA) is 32.7 Å². The number of hydrogen-bond donors (Lipinski definition) is 1. The normalized spacial score (nSPS) is 29.7. The minimum absolute atomic E-state index is 0.341. The van der Waals surface area contributed by atoms with E-state index >= 15 is 0 Å². The molecule has 0 amide bonds. The molecule has 1 heterocycles. The molecule has 3 rings (SSSR count). The zero-order chi connectivity index (χ0) is 13.2. The van der Waals surface area contributed by atoms with Crippen LogP contribution in [0.2, 0.25) is 0 Å². The first-order valence-electron chi connectivity index (χ1n) is 7.42. The van der Waals surface area contributed by atoms with Crippen molar-refractivity contribution < 1.29 is 9.84 Å². The van der Waals surface area contributed by atoms with E-state index in [0.29, 0.717) is 23.9 Å². The third kappa shape index (κ3) is 2.63. The second-order valence-electron chi connectivity index (χ2n) is 5.77. The van der Waals surface area contributed by atoms with E-state index in [1.54, 1.807) is 12.1 Å². The summed E-state index contributed by atoms with van der Waals surface area (Å²) in [5, 5.41) is 9.40. The predicted molar refractivity (Wildman–Crippen MR) is 75.2 cm³/mol. The molecule has 1 aromatic carbocycles. The summed E-state index contributed by atoms with van der Waals surface area (Å²) < 4.78 is 5.94. The summed E-state index contributed by atoms with van der Waals surface area (Å²) in [5.74, 6) is 0.341. The Kier molecular flexibility index (Phi) is 3.76. The molecule has 3 nitrogen and oxygen atoms in total. The molecule has 0 radical (unpaired) electrons. The first-order valence-corrected chi connectivity index (χ1v) is 7.42. The molecule has 2 fully saturated rings. The summed E-state index contributed by atoms with van der Waals surface area (Å²) in [6, 6.07) is 8.61. The van der Waals surface area contributed by atoms with Crippen LogP contribution >= 0.6 is 0 Å². The molecule has 104 valence electrons. The maximum Gasteiger partial charge on any atom is 0.115 e. The van der Waals surface area contributed by atoms with E-state index < -0.39 is 0 Å². The molecule has 19 heavy (non-hydrogen) atoms. The second kappa shape index (κ2) is 5.51. The van der Waals surface area contributed by atoms with E-state index in [-0.39, 0.29) is 0 Å². The van der Waals surface area contributed by atoms with Crippen LogP contribution in [0, 0.1) is 0 Å². The number of morpholine rings is 1. The van der Waals surface area contributed by atoms with Gasteiger partial charge in [0.25, 0.3) is 0 Å². The van der Waals surface area contributed by atoms with Gasteiger partial charge in [0.2, 0.25) is 0 Å². The van der Waals surface area contributed by atoms with Gasteiger partial charge in [-0.05, 0) is 37.5 Å². The Balaban J connectivity index is 1.77. The summed E-state index contributed by atoms with van der Waals surface area (Å²) in [4.78, 5) is 2.60. The number of hydrogen-bond acceptors (Lipinski definition) is 3. The molecule has 1 saturated heterocycles. The van der Waals surface area contributed by atoms with Gasteiger partial charge in [-0.3, -0.25) is 4.90 Å². The number of phenolic OH excluding ortho intramolecular Hbond substituents is 1. The molecule has 1 aliphatic carbocycles. The number of phenols is 1. The molecule has 2 aliphatic rings. The molecule has 1 aromatic rings. The lowest BCUT2D eigenvalue weighted by atomic mass is 9.88. The Bertz CT molecular complexity index is 415. The second-order valence-corrected chi connectivity index (χ2v) is 5.77. The van der Waals surface area contributed by atoms with Gasteiger partial charge in [-0.25, -0.2) is 0 Å². The monoisotopic (exact) mass is 261 g/mol. The smallest absolute Gasteiger partial charge is 0.115 e. The van der Waals surface area contributed by atoms with Crippen molar-refractivity contribution in [2.24, 2.45) is 0 Å². The first-order chi connectivity index (χ1) is 9.25. The Morgan fingerprint density at radius 1 is 1.21 bits per heavy atom. The van der Waals surface area contributed by atoms with Crippen molar-refractivity contribution in [3.63, 3.8) is 0 Å². The van der Waals surface area contributed by atoms with Gasteiger partial charge in [0.1, 0.15) is 5.75 Å². The van der Waals surface area contributed by atoms with Gasteiger partial charge in [0.05, 0.1) is 12.7 Å². The third-order valence-electron chi connectivity index (χ3n) is 4.65. The fourth-order valence-electron chi connectivity index (χ4n) is 3.55. The Morgan fingerprint density at radius 2 is 1.95 bits per heavy atom. The fourth-order valence-corrected chi connectivity index (χ4v) is 3.55. The lowest BCUT2D eigenvalue weighted by Crippen LogP contribution is -2.53. The fraction of sp³-hybridized carbons (Fsp3) is 0.625. The quantitative estimate of drug-likeness (QED) is 0.888. The average Bonchev–Trinajstić information content (AvgIpc) is 2.47. The molecule has 3 atom stereocenters. The molecule has 1 saturated carbocycles. The highest BCUT2D eigenvalue weighted by atomic mass is 16.5. The largest absolute Gasteiger partial charge is 0.508 e. The maximum absolute atomic E-state index is 9.40. The SMILES string of the molecule is CC(c1ccc(O)cc1)N1CCOC2CCCCC21. The average molecular weight is 261 g/mol. The summed E-state index contributed by atoms with van der Waals surface area (Å²) in [7, 11) is 0. The van der Waals surface area contributed by atoms with Gasteiger partial charge in [-0.15, -0.1) is 0 Å². The maximum atomic E-state index is 9.40. The highest BCUT2D eigenvalue weighted by Gasteiger charge is 2.36. The van der Waals surface area contributed by atoms with Gasteiger partial charge in [0, 0.05) is 18.6 Å². The Morgan fingerprint density at radius 3 is 2.74 bits per heavy atom. The van der Waals surface area contributed by atoms with Gasteiger partial charge in [-0.1, -0.05) is 25.0 Å². The van der Waals surface area contributed by atoms with Crippen LogP contribution in [0.5, 0.6) is 5.75 Å². The summed E-state index contributed by atoms with van der Waals surface area (Å²) >= 11 is 0. The zero-order valence-electron chi connectivity index (χ0n) is 11.6. The minimum atomic E-state index is 0.341. The molecule has 0 spiro atoms. The van der Waals surface area contributed by atoms with Crippen LogP contribution in [0.1, 0.15) is 44.2 Å². The minimum Gasteiger partial charge on any atom is -0.508 e. The molecule has 3 unspecified atom stereocenters. The van der Waals surface area contributed by atoms with Crippen molar-refractivity contribution in [3.05, 3.63) is 29.8 Å². The van der Waals surface area contributed by atoms with Crippen molar-refractivity contribution >= 4 is 0 Å². The number of ether oxygens (including phenoxy) is 1. The number of rotatable bonds is 2. The van der Waals surface area contributed by atoms with Crippen LogP contribution in [0.4, 0.5) is 0 Å². The number of nitrogens with zero attached hydrogens (tertiary/aromatic N) is 1. The standard InChI is InChI=1S/C16H23NO2/c1-12(13-6-8-14(18)9-7-13)17-10-11-19-16-5-3-2-4-15(16)17/h6-9,12,15-16,18H,2-5,10-11H2,1H3. The number of fused-ring (bicyclic) bond motifs is 1. The Labute approximate surface area is 115 Å². The van der Waals surface area contributed by atoms with Gasteiger partial charge in [0.15, 0.2) is 0 Å². The first kappa shape index (κ1) is 12.9. The molecule has 0 bridgehead atoms. The zero-order valence-corrected chi connectivity index (χ0v) is 11.6. The van der Waals surface area contributed by atoms with Crippen LogP contribution in [-0.2, 0) is 4.74 Å². The summed E-state index contributed by atoms with van der Waals surface area (Å²) in [5.41, 5.74) is 1.28. The van der Waals surface area contributed by atoms with Crippen LogP contribution in [0.3, 0.4) is 0 Å².